The topological polar surface area (TPSA) is 104 Å². The fourth-order valence-electron chi connectivity index (χ4n) is 3.95. The van der Waals surface area contributed by atoms with Gasteiger partial charge in [-0.3, -0.25) is 0 Å². The van der Waals surface area contributed by atoms with E-state index in [9.17, 15) is 25.5 Å². The van der Waals surface area contributed by atoms with Crippen LogP contribution in [0.4, 0.5) is 16.4 Å². The van der Waals surface area contributed by atoms with Gasteiger partial charge in [0, 0.05) is 11.1 Å². The normalized spacial score (nSPS) is 11.1. The summed E-state index contributed by atoms with van der Waals surface area (Å²) in [5.74, 6) is -4.26. The minimum Gasteiger partial charge on any atom is -0.504 e. The number of benzene rings is 4. The zero-order valence-electron chi connectivity index (χ0n) is 17.5. The number of anilines is 3. The number of hydrogen-bond acceptors (Lipinski definition) is 7. The highest BCUT2D eigenvalue weighted by molar-refractivity contribution is 9.11. The Hall–Kier alpha value is -3.88. The first-order valence-electron chi connectivity index (χ1n) is 10.2. The Kier molecular flexibility index (Phi) is 5.47. The lowest BCUT2D eigenvalue weighted by Crippen LogP contribution is -2.08. The van der Waals surface area contributed by atoms with Crippen molar-refractivity contribution in [2.24, 2.45) is 0 Å². The molecule has 0 aliphatic rings. The van der Waals surface area contributed by atoms with Crippen LogP contribution < -0.4 is 4.90 Å². The number of fused-ring (bicyclic) bond motifs is 1. The van der Waals surface area contributed by atoms with E-state index in [0.717, 1.165) is 30.9 Å². The van der Waals surface area contributed by atoms with Gasteiger partial charge < -0.3 is 30.4 Å². The molecule has 0 aliphatic heterocycles. The predicted octanol–water partition coefficient (Wildman–Crippen LogP) is 7.33. The second-order valence-electron chi connectivity index (χ2n) is 7.58. The van der Waals surface area contributed by atoms with E-state index in [2.05, 4.69) is 39.0 Å². The van der Waals surface area contributed by atoms with Gasteiger partial charge in [-0.05, 0) is 57.2 Å². The van der Waals surface area contributed by atoms with Crippen molar-refractivity contribution in [3.05, 3.63) is 82.6 Å². The Morgan fingerprint density at radius 3 is 1.88 bits per heavy atom. The molecule has 0 spiro atoms. The number of aromatic hydroxyl groups is 5. The van der Waals surface area contributed by atoms with Gasteiger partial charge in [0.15, 0.2) is 11.5 Å². The van der Waals surface area contributed by atoms with Gasteiger partial charge in [-0.15, -0.1) is 11.3 Å². The van der Waals surface area contributed by atoms with Crippen LogP contribution in [0.5, 0.6) is 28.7 Å². The fourth-order valence-corrected chi connectivity index (χ4v) is 5.35. The van der Waals surface area contributed by atoms with E-state index in [1.807, 2.05) is 48.5 Å². The molecule has 1 aromatic heterocycles. The average Bonchev–Trinajstić information content (AvgIpc) is 3.28. The average molecular weight is 536 g/mol. The Morgan fingerprint density at radius 2 is 1.24 bits per heavy atom. The Labute approximate surface area is 207 Å². The SMILES string of the molecule is Oc1c(O)c(O)c(-c2ccc(N(c3ccc(Br)s3)c3cccc4ccccc34)cc2)c(O)c1O. The third-order valence-electron chi connectivity index (χ3n) is 5.57. The third-order valence-corrected chi connectivity index (χ3v) is 7.18. The minimum absolute atomic E-state index is 0.185. The van der Waals surface area contributed by atoms with Crippen LogP contribution in [0.3, 0.4) is 0 Å². The summed E-state index contributed by atoms with van der Waals surface area (Å²) in [6.07, 6.45) is 0. The monoisotopic (exact) mass is 535 g/mol. The minimum atomic E-state index is -0.985. The summed E-state index contributed by atoms with van der Waals surface area (Å²) in [6, 6.07) is 25.1. The van der Waals surface area contributed by atoms with Crippen LogP contribution in [-0.2, 0) is 0 Å². The van der Waals surface area contributed by atoms with E-state index in [0.29, 0.717) is 5.56 Å². The van der Waals surface area contributed by atoms with Crippen LogP contribution in [0, 0.1) is 0 Å². The van der Waals surface area contributed by atoms with E-state index in [1.54, 1.807) is 23.5 Å². The van der Waals surface area contributed by atoms with E-state index < -0.39 is 28.7 Å². The molecular formula is C26H18BrNO5S. The molecule has 8 heteroatoms. The quantitative estimate of drug-likeness (QED) is 0.122. The Bertz CT molecular complexity index is 1500. The summed E-state index contributed by atoms with van der Waals surface area (Å²) in [6.45, 7) is 0. The molecule has 0 fully saturated rings. The summed E-state index contributed by atoms with van der Waals surface area (Å²) in [7, 11) is 0. The molecule has 0 saturated heterocycles. The van der Waals surface area contributed by atoms with E-state index in [1.165, 1.54) is 0 Å². The predicted molar refractivity (Wildman–Crippen MR) is 138 cm³/mol. The van der Waals surface area contributed by atoms with E-state index >= 15 is 0 Å². The molecule has 1 heterocycles. The van der Waals surface area contributed by atoms with Crippen molar-refractivity contribution in [1.82, 2.24) is 0 Å². The van der Waals surface area contributed by atoms with Crippen LogP contribution in [0.1, 0.15) is 0 Å². The molecule has 170 valence electrons. The summed E-state index contributed by atoms with van der Waals surface area (Å²) in [4.78, 5) is 2.10. The third kappa shape index (κ3) is 3.57. The van der Waals surface area contributed by atoms with Crippen LogP contribution >= 0.6 is 27.3 Å². The van der Waals surface area contributed by atoms with Gasteiger partial charge in [-0.1, -0.05) is 48.5 Å². The van der Waals surface area contributed by atoms with Crippen LogP contribution in [0.15, 0.2) is 82.6 Å². The first kappa shape index (κ1) is 21.9. The molecule has 0 radical (unpaired) electrons. The molecule has 6 nitrogen and oxygen atoms in total. The maximum absolute atomic E-state index is 10.3. The van der Waals surface area contributed by atoms with Crippen LogP contribution in [0.25, 0.3) is 21.9 Å². The fraction of sp³-hybridized carbons (Fsp3) is 0. The molecule has 0 bridgehead atoms. The summed E-state index contributed by atoms with van der Waals surface area (Å²) < 4.78 is 0.981. The summed E-state index contributed by atoms with van der Waals surface area (Å²) in [5, 5.41) is 53.2. The molecule has 5 N–H and O–H groups in total. The Morgan fingerprint density at radius 1 is 0.618 bits per heavy atom. The zero-order valence-corrected chi connectivity index (χ0v) is 19.9. The van der Waals surface area contributed by atoms with Crippen molar-refractivity contribution in [3.63, 3.8) is 0 Å². The van der Waals surface area contributed by atoms with E-state index in [4.69, 9.17) is 0 Å². The van der Waals surface area contributed by atoms with Gasteiger partial charge >= 0.3 is 0 Å². The number of nitrogens with zero attached hydrogens (tertiary/aromatic N) is 1. The van der Waals surface area contributed by atoms with E-state index in [-0.39, 0.29) is 5.56 Å². The maximum Gasteiger partial charge on any atom is 0.208 e. The van der Waals surface area contributed by atoms with Crippen LogP contribution in [0.2, 0.25) is 0 Å². The smallest absolute Gasteiger partial charge is 0.208 e. The summed E-state index contributed by atoms with van der Waals surface area (Å²) in [5.41, 5.74) is 1.95. The lowest BCUT2D eigenvalue weighted by atomic mass is 10.0. The lowest BCUT2D eigenvalue weighted by Gasteiger charge is -2.25. The zero-order chi connectivity index (χ0) is 24.0. The second kappa shape index (κ2) is 8.48. The molecular weight excluding hydrogens is 518 g/mol. The highest BCUT2D eigenvalue weighted by Gasteiger charge is 2.24. The molecule has 34 heavy (non-hydrogen) atoms. The second-order valence-corrected chi connectivity index (χ2v) is 10.0. The van der Waals surface area contributed by atoms with Gasteiger partial charge in [0.1, 0.15) is 5.00 Å². The van der Waals surface area contributed by atoms with Crippen molar-refractivity contribution in [1.29, 1.82) is 0 Å². The number of phenols is 5. The molecule has 0 atom stereocenters. The molecule has 0 amide bonds. The number of hydrogen-bond donors (Lipinski definition) is 5. The highest BCUT2D eigenvalue weighted by Crippen LogP contribution is 2.55. The highest BCUT2D eigenvalue weighted by atomic mass is 79.9. The van der Waals surface area contributed by atoms with Crippen molar-refractivity contribution >= 4 is 54.4 Å². The standard InChI is InChI=1S/C26H18BrNO5S/c27-19-12-13-20(34-19)28(18-7-3-5-14-4-1-2-6-17(14)18)16-10-8-15(9-11-16)21-22(29)24(31)26(33)25(32)23(21)30/h1-13,29-33H. The molecule has 0 unspecified atom stereocenters. The first-order valence-corrected chi connectivity index (χ1v) is 11.8. The molecule has 4 aromatic carbocycles. The number of thiophene rings is 1. The van der Waals surface area contributed by atoms with Crippen LogP contribution in [-0.4, -0.2) is 25.5 Å². The van der Waals surface area contributed by atoms with Gasteiger partial charge in [-0.2, -0.15) is 0 Å². The lowest BCUT2D eigenvalue weighted by molar-refractivity contribution is 0.330. The van der Waals surface area contributed by atoms with Crippen molar-refractivity contribution < 1.29 is 25.5 Å². The molecule has 5 rings (SSSR count). The number of phenolic OH excluding ortho intramolecular Hbond substituents is 5. The number of halogens is 1. The summed E-state index contributed by atoms with van der Waals surface area (Å²) >= 11 is 5.12. The van der Waals surface area contributed by atoms with Crippen molar-refractivity contribution in [2.75, 3.05) is 4.90 Å². The largest absolute Gasteiger partial charge is 0.504 e. The first-order chi connectivity index (χ1) is 16.4. The van der Waals surface area contributed by atoms with Crippen molar-refractivity contribution in [3.8, 4) is 39.9 Å². The molecule has 5 aromatic rings. The van der Waals surface area contributed by atoms with Crippen molar-refractivity contribution in [2.45, 2.75) is 0 Å². The van der Waals surface area contributed by atoms with Gasteiger partial charge in [-0.25, -0.2) is 0 Å². The number of rotatable bonds is 4. The van der Waals surface area contributed by atoms with Gasteiger partial charge in [0.05, 0.1) is 15.0 Å². The van der Waals surface area contributed by atoms with Gasteiger partial charge in [0.2, 0.25) is 17.2 Å². The molecule has 0 saturated carbocycles. The Balaban J connectivity index is 1.67. The molecule has 0 aliphatic carbocycles. The maximum atomic E-state index is 10.3. The van der Waals surface area contributed by atoms with Gasteiger partial charge in [0.25, 0.3) is 0 Å².